The highest BCUT2D eigenvalue weighted by atomic mass is 79.9. The van der Waals surface area contributed by atoms with E-state index in [1.165, 1.54) is 5.56 Å². The molecule has 0 amide bonds. The Labute approximate surface area is 100 Å². The van der Waals surface area contributed by atoms with E-state index < -0.39 is 0 Å². The maximum absolute atomic E-state index is 5.98. The zero-order valence-corrected chi connectivity index (χ0v) is 10.1. The highest BCUT2D eigenvalue weighted by molar-refractivity contribution is 9.10. The lowest BCUT2D eigenvalue weighted by Gasteiger charge is -2.18. The highest BCUT2D eigenvalue weighted by Crippen LogP contribution is 2.36. The fourth-order valence-electron chi connectivity index (χ4n) is 1.91. The minimum Gasteiger partial charge on any atom is -0.493 e. The van der Waals surface area contributed by atoms with E-state index in [9.17, 15) is 0 Å². The molecule has 2 aromatic rings. The van der Waals surface area contributed by atoms with Gasteiger partial charge in [-0.05, 0) is 39.7 Å². The van der Waals surface area contributed by atoms with Gasteiger partial charge in [-0.1, -0.05) is 11.6 Å². The van der Waals surface area contributed by atoms with E-state index >= 15 is 0 Å². The van der Waals surface area contributed by atoms with E-state index in [1.54, 1.807) is 0 Å². The summed E-state index contributed by atoms with van der Waals surface area (Å²) in [7, 11) is 0. The Morgan fingerprint density at radius 1 is 1.40 bits per heavy atom. The molecule has 1 aromatic heterocycles. The van der Waals surface area contributed by atoms with Gasteiger partial charge in [-0.25, -0.2) is 4.98 Å². The van der Waals surface area contributed by atoms with E-state index in [1.807, 2.05) is 18.2 Å². The first-order valence-electron chi connectivity index (χ1n) is 4.66. The standard InChI is InChI=1S/C11H7BrClNO/c12-7-1-2-8-10-6(3-4-15-8)5-9(13)14-11(7)10/h1-2,5H,3-4H2. The molecule has 0 spiro atoms. The third kappa shape index (κ3) is 1.42. The molecule has 76 valence electrons. The first-order valence-corrected chi connectivity index (χ1v) is 5.83. The Kier molecular flexibility index (Phi) is 2.11. The van der Waals surface area contributed by atoms with E-state index in [-0.39, 0.29) is 0 Å². The average molecular weight is 285 g/mol. The molecule has 1 aliphatic heterocycles. The van der Waals surface area contributed by atoms with Crippen LogP contribution in [-0.4, -0.2) is 11.6 Å². The summed E-state index contributed by atoms with van der Waals surface area (Å²) in [5.41, 5.74) is 2.10. The molecule has 2 heterocycles. The molecule has 1 aromatic carbocycles. The van der Waals surface area contributed by atoms with Crippen molar-refractivity contribution in [2.45, 2.75) is 6.42 Å². The lowest BCUT2D eigenvalue weighted by molar-refractivity contribution is 0.318. The minimum absolute atomic E-state index is 0.539. The van der Waals surface area contributed by atoms with Gasteiger partial charge in [0.05, 0.1) is 12.1 Å². The van der Waals surface area contributed by atoms with Crippen LogP contribution in [0.25, 0.3) is 10.9 Å². The first kappa shape index (κ1) is 9.43. The number of nitrogens with zero attached hydrogens (tertiary/aromatic N) is 1. The molecule has 0 atom stereocenters. The smallest absolute Gasteiger partial charge is 0.130 e. The van der Waals surface area contributed by atoms with E-state index in [4.69, 9.17) is 16.3 Å². The molecule has 1 aliphatic rings. The van der Waals surface area contributed by atoms with Crippen molar-refractivity contribution in [2.75, 3.05) is 6.61 Å². The predicted octanol–water partition coefficient (Wildman–Crippen LogP) is 3.59. The summed E-state index contributed by atoms with van der Waals surface area (Å²) in [5.74, 6) is 0.901. The Morgan fingerprint density at radius 2 is 2.27 bits per heavy atom. The number of pyridine rings is 1. The summed E-state index contributed by atoms with van der Waals surface area (Å²) < 4.78 is 6.54. The molecule has 0 N–H and O–H groups in total. The Balaban J connectivity index is 2.50. The van der Waals surface area contributed by atoms with Crippen molar-refractivity contribution >= 4 is 38.4 Å². The highest BCUT2D eigenvalue weighted by Gasteiger charge is 2.16. The summed E-state index contributed by atoms with van der Waals surface area (Å²) in [5, 5.41) is 1.62. The summed E-state index contributed by atoms with van der Waals surface area (Å²) in [4.78, 5) is 4.32. The third-order valence-electron chi connectivity index (χ3n) is 2.55. The lowest BCUT2D eigenvalue weighted by Crippen LogP contribution is -2.09. The van der Waals surface area contributed by atoms with Gasteiger partial charge in [0.15, 0.2) is 0 Å². The fourth-order valence-corrected chi connectivity index (χ4v) is 2.55. The zero-order chi connectivity index (χ0) is 10.4. The van der Waals surface area contributed by atoms with Gasteiger partial charge in [0.25, 0.3) is 0 Å². The number of ether oxygens (including phenoxy) is 1. The molecule has 0 fully saturated rings. The second-order valence-electron chi connectivity index (χ2n) is 3.47. The van der Waals surface area contributed by atoms with Crippen LogP contribution >= 0.6 is 27.5 Å². The lowest BCUT2D eigenvalue weighted by atomic mass is 10.0. The number of hydrogen-bond donors (Lipinski definition) is 0. The maximum atomic E-state index is 5.98. The molecule has 4 heteroatoms. The van der Waals surface area contributed by atoms with Gasteiger partial charge in [-0.15, -0.1) is 0 Å². The van der Waals surface area contributed by atoms with E-state index in [0.717, 1.165) is 27.5 Å². The van der Waals surface area contributed by atoms with Gasteiger partial charge >= 0.3 is 0 Å². The largest absolute Gasteiger partial charge is 0.493 e. The third-order valence-corrected chi connectivity index (χ3v) is 3.39. The molecular formula is C11H7BrClNO. The van der Waals surface area contributed by atoms with Crippen LogP contribution in [0.1, 0.15) is 5.56 Å². The number of hydrogen-bond acceptors (Lipinski definition) is 2. The summed E-state index contributed by atoms with van der Waals surface area (Å²) in [6.45, 7) is 0.712. The van der Waals surface area contributed by atoms with Gasteiger partial charge < -0.3 is 4.74 Å². The Hall–Kier alpha value is -0.800. The zero-order valence-electron chi connectivity index (χ0n) is 7.76. The van der Waals surface area contributed by atoms with Crippen LogP contribution in [0.3, 0.4) is 0 Å². The quantitative estimate of drug-likeness (QED) is 0.690. The molecule has 0 aliphatic carbocycles. The summed E-state index contributed by atoms with van der Waals surface area (Å²) in [6.07, 6.45) is 0.891. The molecule has 0 unspecified atom stereocenters. The molecule has 0 saturated carbocycles. The molecule has 15 heavy (non-hydrogen) atoms. The van der Waals surface area contributed by atoms with Gasteiger partial charge in [-0.3, -0.25) is 0 Å². The fraction of sp³-hybridized carbons (Fsp3) is 0.182. The van der Waals surface area contributed by atoms with Crippen molar-refractivity contribution in [3.63, 3.8) is 0 Å². The average Bonchev–Trinajstić information content (AvgIpc) is 2.23. The molecule has 0 saturated heterocycles. The Morgan fingerprint density at radius 3 is 3.13 bits per heavy atom. The van der Waals surface area contributed by atoms with Crippen LogP contribution in [0, 0.1) is 0 Å². The number of halogens is 2. The Bertz CT molecular complexity index is 556. The van der Waals surface area contributed by atoms with Crippen molar-refractivity contribution in [1.29, 1.82) is 0 Å². The second-order valence-corrected chi connectivity index (χ2v) is 4.71. The van der Waals surface area contributed by atoms with Crippen molar-refractivity contribution < 1.29 is 4.74 Å². The first-order chi connectivity index (χ1) is 7.25. The van der Waals surface area contributed by atoms with Gasteiger partial charge in [0.1, 0.15) is 10.9 Å². The minimum atomic E-state index is 0.539. The van der Waals surface area contributed by atoms with Crippen molar-refractivity contribution in [3.8, 4) is 5.75 Å². The van der Waals surface area contributed by atoms with Crippen LogP contribution in [0.4, 0.5) is 0 Å². The van der Waals surface area contributed by atoms with Crippen molar-refractivity contribution in [1.82, 2.24) is 4.98 Å². The number of rotatable bonds is 0. The van der Waals surface area contributed by atoms with Crippen LogP contribution < -0.4 is 4.74 Å². The molecule has 0 bridgehead atoms. The van der Waals surface area contributed by atoms with Crippen LogP contribution in [0.15, 0.2) is 22.7 Å². The van der Waals surface area contributed by atoms with Crippen molar-refractivity contribution in [2.24, 2.45) is 0 Å². The molecule has 3 rings (SSSR count). The van der Waals surface area contributed by atoms with E-state index in [2.05, 4.69) is 20.9 Å². The normalized spacial score (nSPS) is 14.0. The van der Waals surface area contributed by atoms with Gasteiger partial charge in [-0.2, -0.15) is 0 Å². The summed E-state index contributed by atoms with van der Waals surface area (Å²) >= 11 is 9.45. The van der Waals surface area contributed by atoms with E-state index in [0.29, 0.717) is 11.8 Å². The number of benzene rings is 1. The monoisotopic (exact) mass is 283 g/mol. The van der Waals surface area contributed by atoms with Crippen LogP contribution in [0.2, 0.25) is 5.15 Å². The van der Waals surface area contributed by atoms with Crippen LogP contribution in [-0.2, 0) is 6.42 Å². The van der Waals surface area contributed by atoms with Crippen molar-refractivity contribution in [3.05, 3.63) is 33.4 Å². The van der Waals surface area contributed by atoms with Gasteiger partial charge in [0.2, 0.25) is 0 Å². The van der Waals surface area contributed by atoms with Gasteiger partial charge in [0, 0.05) is 16.3 Å². The predicted molar refractivity (Wildman–Crippen MR) is 63.7 cm³/mol. The molecule has 0 radical (unpaired) electrons. The number of aromatic nitrogens is 1. The maximum Gasteiger partial charge on any atom is 0.130 e. The molecule has 2 nitrogen and oxygen atoms in total. The topological polar surface area (TPSA) is 22.1 Å². The summed E-state index contributed by atoms with van der Waals surface area (Å²) in [6, 6.07) is 5.82. The molecular weight excluding hydrogens is 277 g/mol. The SMILES string of the molecule is Clc1cc2c3c(ccc(Br)c3n1)OCC2. The second kappa shape index (κ2) is 3.35. The van der Waals surface area contributed by atoms with Crippen LogP contribution in [0.5, 0.6) is 5.75 Å².